The first-order chi connectivity index (χ1) is 11.2. The van der Waals surface area contributed by atoms with E-state index in [9.17, 15) is 4.79 Å². The molecule has 116 valence electrons. The second-order valence-electron chi connectivity index (χ2n) is 5.06. The number of carbonyl (C=O) groups excluding carboxylic acids is 1. The van der Waals surface area contributed by atoms with Crippen LogP contribution >= 0.6 is 11.6 Å². The van der Waals surface area contributed by atoms with Crippen molar-refractivity contribution >= 4 is 28.3 Å². The van der Waals surface area contributed by atoms with Crippen LogP contribution in [0, 0.1) is 0 Å². The summed E-state index contributed by atoms with van der Waals surface area (Å²) in [5.74, 6) is 0.111. The molecule has 0 aliphatic rings. The highest BCUT2D eigenvalue weighted by atomic mass is 35.5. The highest BCUT2D eigenvalue weighted by Gasteiger charge is 2.10. The van der Waals surface area contributed by atoms with Gasteiger partial charge >= 0.3 is 5.97 Å². The molecule has 0 unspecified atom stereocenters. The van der Waals surface area contributed by atoms with Crippen LogP contribution in [-0.2, 0) is 11.3 Å². The SMILES string of the molecule is COC(=O)c1ccc(OCc2cccc3ccccc23)c(Cl)c1. The Labute approximate surface area is 139 Å². The summed E-state index contributed by atoms with van der Waals surface area (Å²) in [7, 11) is 1.33. The fraction of sp³-hybridized carbons (Fsp3) is 0.105. The molecule has 0 heterocycles. The fourth-order valence-electron chi connectivity index (χ4n) is 2.44. The van der Waals surface area contributed by atoms with Gasteiger partial charge in [0.1, 0.15) is 12.4 Å². The molecule has 0 N–H and O–H groups in total. The molecule has 0 aromatic heterocycles. The number of methoxy groups -OCH3 is 1. The van der Waals surface area contributed by atoms with E-state index < -0.39 is 5.97 Å². The van der Waals surface area contributed by atoms with Crippen LogP contribution in [0.4, 0.5) is 0 Å². The number of benzene rings is 3. The maximum atomic E-state index is 11.5. The topological polar surface area (TPSA) is 35.5 Å². The third kappa shape index (κ3) is 3.30. The predicted octanol–water partition coefficient (Wildman–Crippen LogP) is 4.86. The van der Waals surface area contributed by atoms with Crippen molar-refractivity contribution in [2.75, 3.05) is 7.11 Å². The maximum absolute atomic E-state index is 11.5. The molecule has 0 saturated heterocycles. The van der Waals surface area contributed by atoms with Crippen molar-refractivity contribution in [3.05, 3.63) is 76.8 Å². The number of rotatable bonds is 4. The van der Waals surface area contributed by atoms with E-state index in [4.69, 9.17) is 16.3 Å². The lowest BCUT2D eigenvalue weighted by Crippen LogP contribution is -2.02. The Kier molecular flexibility index (Phi) is 4.49. The zero-order chi connectivity index (χ0) is 16.2. The van der Waals surface area contributed by atoms with E-state index >= 15 is 0 Å². The summed E-state index contributed by atoms with van der Waals surface area (Å²) in [6.07, 6.45) is 0. The third-order valence-corrected chi connectivity index (χ3v) is 3.91. The van der Waals surface area contributed by atoms with Crippen LogP contribution < -0.4 is 4.74 Å². The van der Waals surface area contributed by atoms with Crippen LogP contribution in [-0.4, -0.2) is 13.1 Å². The van der Waals surface area contributed by atoms with Crippen LogP contribution in [0.25, 0.3) is 10.8 Å². The van der Waals surface area contributed by atoms with Crippen molar-refractivity contribution in [2.45, 2.75) is 6.61 Å². The van der Waals surface area contributed by atoms with Gasteiger partial charge in [0.05, 0.1) is 17.7 Å². The van der Waals surface area contributed by atoms with Gasteiger partial charge in [0.25, 0.3) is 0 Å². The molecule has 3 nitrogen and oxygen atoms in total. The van der Waals surface area contributed by atoms with Crippen molar-refractivity contribution < 1.29 is 14.3 Å². The highest BCUT2D eigenvalue weighted by Crippen LogP contribution is 2.27. The Bertz CT molecular complexity index is 853. The molecule has 0 bridgehead atoms. The molecular weight excluding hydrogens is 312 g/mol. The zero-order valence-electron chi connectivity index (χ0n) is 12.6. The van der Waals surface area contributed by atoms with E-state index in [2.05, 4.69) is 22.9 Å². The molecule has 0 saturated carbocycles. The summed E-state index contributed by atoms with van der Waals surface area (Å²) in [5.41, 5.74) is 1.48. The quantitative estimate of drug-likeness (QED) is 0.642. The van der Waals surface area contributed by atoms with Gasteiger partial charge in [-0.25, -0.2) is 4.79 Å². The molecule has 0 aliphatic carbocycles. The van der Waals surface area contributed by atoms with Gasteiger partial charge < -0.3 is 9.47 Å². The molecule has 0 aliphatic heterocycles. The molecular formula is C19H15ClO3. The van der Waals surface area contributed by atoms with Crippen LogP contribution in [0.2, 0.25) is 5.02 Å². The number of halogens is 1. The first-order valence-corrected chi connectivity index (χ1v) is 7.54. The average Bonchev–Trinajstić information content (AvgIpc) is 2.60. The number of fused-ring (bicyclic) bond motifs is 1. The first-order valence-electron chi connectivity index (χ1n) is 7.16. The van der Waals surface area contributed by atoms with Crippen molar-refractivity contribution in [1.82, 2.24) is 0 Å². The van der Waals surface area contributed by atoms with Gasteiger partial charge in [0.2, 0.25) is 0 Å². The van der Waals surface area contributed by atoms with Crippen LogP contribution in [0.5, 0.6) is 5.75 Å². The smallest absolute Gasteiger partial charge is 0.337 e. The van der Waals surface area contributed by atoms with Crippen molar-refractivity contribution in [3.63, 3.8) is 0 Å². The monoisotopic (exact) mass is 326 g/mol. The van der Waals surface area contributed by atoms with Gasteiger partial charge in [-0.05, 0) is 34.5 Å². The average molecular weight is 327 g/mol. The molecule has 0 spiro atoms. The first kappa shape index (κ1) is 15.4. The minimum Gasteiger partial charge on any atom is -0.487 e. The van der Waals surface area contributed by atoms with E-state index in [1.165, 1.54) is 12.5 Å². The predicted molar refractivity (Wildman–Crippen MR) is 91.1 cm³/mol. The van der Waals surface area contributed by atoms with Crippen molar-refractivity contribution in [3.8, 4) is 5.75 Å². The summed E-state index contributed by atoms with van der Waals surface area (Å²) < 4.78 is 10.5. The lowest BCUT2D eigenvalue weighted by Gasteiger charge is -2.11. The fourth-order valence-corrected chi connectivity index (χ4v) is 2.67. The van der Waals surface area contributed by atoms with Crippen molar-refractivity contribution in [1.29, 1.82) is 0 Å². The van der Waals surface area contributed by atoms with Gasteiger partial charge in [0.15, 0.2) is 0 Å². The van der Waals surface area contributed by atoms with E-state index in [1.807, 2.05) is 24.3 Å². The Morgan fingerprint density at radius 2 is 1.83 bits per heavy atom. The van der Waals surface area contributed by atoms with Gasteiger partial charge in [-0.2, -0.15) is 0 Å². The van der Waals surface area contributed by atoms with Gasteiger partial charge in [-0.15, -0.1) is 0 Å². The number of carbonyl (C=O) groups is 1. The molecule has 0 fully saturated rings. The number of hydrogen-bond donors (Lipinski definition) is 0. The van der Waals surface area contributed by atoms with E-state index in [0.29, 0.717) is 22.9 Å². The Balaban J connectivity index is 1.81. The largest absolute Gasteiger partial charge is 0.487 e. The summed E-state index contributed by atoms with van der Waals surface area (Å²) in [6.45, 7) is 0.401. The maximum Gasteiger partial charge on any atom is 0.337 e. The van der Waals surface area contributed by atoms with E-state index in [-0.39, 0.29) is 0 Å². The molecule has 3 aromatic rings. The number of esters is 1. The van der Waals surface area contributed by atoms with Gasteiger partial charge in [-0.3, -0.25) is 0 Å². The van der Waals surface area contributed by atoms with Crippen LogP contribution in [0.1, 0.15) is 15.9 Å². The number of hydrogen-bond acceptors (Lipinski definition) is 3. The summed E-state index contributed by atoms with van der Waals surface area (Å²) in [4.78, 5) is 11.5. The molecule has 3 rings (SSSR count). The third-order valence-electron chi connectivity index (χ3n) is 3.62. The normalized spacial score (nSPS) is 10.5. The molecule has 3 aromatic carbocycles. The van der Waals surface area contributed by atoms with Gasteiger partial charge in [0, 0.05) is 0 Å². The highest BCUT2D eigenvalue weighted by molar-refractivity contribution is 6.32. The molecule has 23 heavy (non-hydrogen) atoms. The molecule has 0 amide bonds. The second kappa shape index (κ2) is 6.71. The van der Waals surface area contributed by atoms with Crippen LogP contribution in [0.3, 0.4) is 0 Å². The Hall–Kier alpha value is -2.52. The molecule has 4 heteroatoms. The minimum atomic E-state index is -0.424. The van der Waals surface area contributed by atoms with E-state index in [0.717, 1.165) is 10.9 Å². The lowest BCUT2D eigenvalue weighted by atomic mass is 10.1. The van der Waals surface area contributed by atoms with E-state index in [1.54, 1.807) is 18.2 Å². The summed E-state index contributed by atoms with van der Waals surface area (Å²) >= 11 is 6.18. The second-order valence-corrected chi connectivity index (χ2v) is 5.47. The standard InChI is InChI=1S/C19H15ClO3/c1-22-19(21)14-9-10-18(17(20)11-14)23-12-15-7-4-6-13-5-2-3-8-16(13)15/h2-11H,12H2,1H3. The van der Waals surface area contributed by atoms with Crippen molar-refractivity contribution in [2.24, 2.45) is 0 Å². The number of ether oxygens (including phenoxy) is 2. The minimum absolute atomic E-state index is 0.383. The Morgan fingerprint density at radius 3 is 2.61 bits per heavy atom. The molecule has 0 radical (unpaired) electrons. The Morgan fingerprint density at radius 1 is 1.04 bits per heavy atom. The van der Waals surface area contributed by atoms with Crippen LogP contribution in [0.15, 0.2) is 60.7 Å². The van der Waals surface area contributed by atoms with Gasteiger partial charge in [-0.1, -0.05) is 54.1 Å². The summed E-state index contributed by atoms with van der Waals surface area (Å²) in [6, 6.07) is 19.1. The molecule has 0 atom stereocenters. The lowest BCUT2D eigenvalue weighted by molar-refractivity contribution is 0.0600. The zero-order valence-corrected chi connectivity index (χ0v) is 13.3. The summed E-state index contributed by atoms with van der Waals surface area (Å²) in [5, 5.41) is 2.70.